The third-order valence-electron chi connectivity index (χ3n) is 5.07. The highest BCUT2D eigenvalue weighted by molar-refractivity contribution is 6.00. The lowest BCUT2D eigenvalue weighted by Gasteiger charge is -2.34. The first-order valence-electron chi connectivity index (χ1n) is 8.84. The lowest BCUT2D eigenvalue weighted by atomic mass is 9.97. The molecule has 2 atom stereocenters. The summed E-state index contributed by atoms with van der Waals surface area (Å²) in [5, 5.41) is 0. The zero-order valence-electron chi connectivity index (χ0n) is 14.9. The van der Waals surface area contributed by atoms with Gasteiger partial charge in [-0.1, -0.05) is 6.07 Å². The lowest BCUT2D eigenvalue weighted by Crippen LogP contribution is -2.44. The van der Waals surface area contributed by atoms with E-state index in [9.17, 15) is 9.59 Å². The monoisotopic (exact) mass is 346 g/mol. The molecule has 3 rings (SSSR count). The van der Waals surface area contributed by atoms with E-state index in [-0.39, 0.29) is 24.2 Å². The predicted molar refractivity (Wildman–Crippen MR) is 94.6 cm³/mol. The number of ether oxygens (including phenoxy) is 2. The van der Waals surface area contributed by atoms with Gasteiger partial charge in [0.2, 0.25) is 11.8 Å². The van der Waals surface area contributed by atoms with Gasteiger partial charge in [0.1, 0.15) is 5.75 Å². The molecule has 1 aromatic carbocycles. The van der Waals surface area contributed by atoms with Crippen molar-refractivity contribution in [2.75, 3.05) is 45.4 Å². The fraction of sp³-hybridized carbons (Fsp3) is 0.579. The predicted octanol–water partition coefficient (Wildman–Crippen LogP) is 1.93. The maximum absolute atomic E-state index is 12.9. The second kappa shape index (κ2) is 7.87. The molecule has 0 bridgehead atoms. The summed E-state index contributed by atoms with van der Waals surface area (Å²) in [6, 6.07) is 7.41. The number of methoxy groups -OCH3 is 2. The molecule has 2 aliphatic heterocycles. The number of anilines is 1. The maximum Gasteiger partial charge on any atom is 0.228 e. The Morgan fingerprint density at radius 3 is 2.88 bits per heavy atom. The van der Waals surface area contributed by atoms with Crippen LogP contribution in [0, 0.1) is 11.8 Å². The van der Waals surface area contributed by atoms with Crippen LogP contribution in [0.4, 0.5) is 5.69 Å². The molecule has 2 fully saturated rings. The fourth-order valence-corrected chi connectivity index (χ4v) is 3.80. The molecule has 2 amide bonds. The van der Waals surface area contributed by atoms with Gasteiger partial charge in [0, 0.05) is 44.9 Å². The molecule has 0 N–H and O–H groups in total. The Morgan fingerprint density at radius 2 is 2.12 bits per heavy atom. The third-order valence-corrected chi connectivity index (χ3v) is 5.07. The normalized spacial score (nSPS) is 23.8. The van der Waals surface area contributed by atoms with E-state index in [1.165, 1.54) is 0 Å². The van der Waals surface area contributed by atoms with Crippen LogP contribution in [0.3, 0.4) is 0 Å². The van der Waals surface area contributed by atoms with Crippen LogP contribution in [0.15, 0.2) is 24.3 Å². The van der Waals surface area contributed by atoms with Crippen LogP contribution in [0.1, 0.15) is 19.3 Å². The summed E-state index contributed by atoms with van der Waals surface area (Å²) in [5.41, 5.74) is 0.788. The topological polar surface area (TPSA) is 59.1 Å². The van der Waals surface area contributed by atoms with E-state index in [4.69, 9.17) is 9.47 Å². The van der Waals surface area contributed by atoms with Crippen LogP contribution in [0.25, 0.3) is 0 Å². The second-order valence-electron chi connectivity index (χ2n) is 6.85. The van der Waals surface area contributed by atoms with Crippen molar-refractivity contribution >= 4 is 17.5 Å². The largest absolute Gasteiger partial charge is 0.497 e. The van der Waals surface area contributed by atoms with Crippen molar-refractivity contribution in [2.24, 2.45) is 11.8 Å². The van der Waals surface area contributed by atoms with Crippen LogP contribution in [0.2, 0.25) is 0 Å². The van der Waals surface area contributed by atoms with E-state index in [1.54, 1.807) is 19.1 Å². The molecule has 6 nitrogen and oxygen atoms in total. The maximum atomic E-state index is 12.9. The van der Waals surface area contributed by atoms with Crippen molar-refractivity contribution in [2.45, 2.75) is 19.3 Å². The van der Waals surface area contributed by atoms with Crippen molar-refractivity contribution in [3.63, 3.8) is 0 Å². The Hall–Kier alpha value is -2.08. The van der Waals surface area contributed by atoms with Crippen LogP contribution >= 0.6 is 0 Å². The molecular formula is C19H26N2O4. The highest BCUT2D eigenvalue weighted by atomic mass is 16.5. The highest BCUT2D eigenvalue weighted by Crippen LogP contribution is 2.29. The number of carbonyl (C=O) groups is 2. The Labute approximate surface area is 148 Å². The van der Waals surface area contributed by atoms with Crippen LogP contribution in [0.5, 0.6) is 5.75 Å². The number of hydrogen-bond donors (Lipinski definition) is 0. The van der Waals surface area contributed by atoms with Gasteiger partial charge in [0.05, 0.1) is 19.6 Å². The van der Waals surface area contributed by atoms with E-state index in [0.717, 1.165) is 31.6 Å². The summed E-state index contributed by atoms with van der Waals surface area (Å²) in [7, 11) is 3.30. The number of amides is 2. The quantitative estimate of drug-likeness (QED) is 0.817. The average molecular weight is 346 g/mol. The Morgan fingerprint density at radius 1 is 1.28 bits per heavy atom. The molecule has 6 heteroatoms. The molecule has 2 aliphatic rings. The summed E-state index contributed by atoms with van der Waals surface area (Å²) in [6.07, 6.45) is 2.37. The Balaban J connectivity index is 1.66. The summed E-state index contributed by atoms with van der Waals surface area (Å²) in [5.74, 6) is 0.935. The number of carbonyl (C=O) groups excluding carboxylic acids is 2. The first-order valence-corrected chi connectivity index (χ1v) is 8.84. The number of piperidine rings is 1. The fourth-order valence-electron chi connectivity index (χ4n) is 3.80. The van der Waals surface area contributed by atoms with Crippen molar-refractivity contribution in [1.82, 2.24) is 4.90 Å². The molecule has 0 aromatic heterocycles. The van der Waals surface area contributed by atoms with Gasteiger partial charge in [-0.3, -0.25) is 9.59 Å². The zero-order valence-corrected chi connectivity index (χ0v) is 14.9. The van der Waals surface area contributed by atoms with Gasteiger partial charge in [-0.05, 0) is 30.9 Å². The van der Waals surface area contributed by atoms with Crippen molar-refractivity contribution in [3.8, 4) is 5.75 Å². The molecule has 2 unspecified atom stereocenters. The standard InChI is InChI=1S/C19H26N2O4/c1-24-13-14-5-4-8-20(11-14)19(23)15-9-18(22)21(12-15)16-6-3-7-17(10-16)25-2/h3,6-7,10,14-15H,4-5,8-9,11-13H2,1-2H3. The number of rotatable bonds is 5. The summed E-state index contributed by atoms with van der Waals surface area (Å²) >= 11 is 0. The molecule has 0 spiro atoms. The van der Waals surface area contributed by atoms with Gasteiger partial charge in [0.15, 0.2) is 0 Å². The second-order valence-corrected chi connectivity index (χ2v) is 6.85. The number of benzene rings is 1. The lowest BCUT2D eigenvalue weighted by molar-refractivity contribution is -0.138. The SMILES string of the molecule is COCC1CCCN(C(=O)C2CC(=O)N(c3cccc(OC)c3)C2)C1. The molecule has 2 heterocycles. The minimum Gasteiger partial charge on any atom is -0.497 e. The third kappa shape index (κ3) is 3.95. The van der Waals surface area contributed by atoms with Crippen molar-refractivity contribution in [3.05, 3.63) is 24.3 Å². The highest BCUT2D eigenvalue weighted by Gasteiger charge is 2.38. The molecule has 0 saturated carbocycles. The first kappa shape index (κ1) is 17.7. The van der Waals surface area contributed by atoms with Gasteiger partial charge >= 0.3 is 0 Å². The van der Waals surface area contributed by atoms with E-state index >= 15 is 0 Å². The minimum absolute atomic E-state index is 0.00273. The Kier molecular flexibility index (Phi) is 5.58. The summed E-state index contributed by atoms with van der Waals surface area (Å²) in [6.45, 7) is 2.64. The van der Waals surface area contributed by atoms with E-state index in [1.807, 2.05) is 29.2 Å². The van der Waals surface area contributed by atoms with Crippen LogP contribution < -0.4 is 9.64 Å². The minimum atomic E-state index is -0.264. The van der Waals surface area contributed by atoms with Gasteiger partial charge in [-0.25, -0.2) is 0 Å². The van der Waals surface area contributed by atoms with Gasteiger partial charge in [0.25, 0.3) is 0 Å². The Bertz CT molecular complexity index is 632. The molecule has 0 radical (unpaired) electrons. The smallest absolute Gasteiger partial charge is 0.228 e. The number of likely N-dealkylation sites (tertiary alicyclic amines) is 1. The molecule has 136 valence electrons. The molecule has 0 aliphatic carbocycles. The van der Waals surface area contributed by atoms with Crippen LogP contribution in [-0.4, -0.2) is 57.2 Å². The molecular weight excluding hydrogens is 320 g/mol. The van der Waals surface area contributed by atoms with Gasteiger partial charge < -0.3 is 19.3 Å². The zero-order chi connectivity index (χ0) is 17.8. The molecule has 2 saturated heterocycles. The summed E-state index contributed by atoms with van der Waals surface area (Å²) < 4.78 is 10.5. The van der Waals surface area contributed by atoms with Crippen molar-refractivity contribution in [1.29, 1.82) is 0 Å². The number of nitrogens with zero attached hydrogens (tertiary/aromatic N) is 2. The molecule has 25 heavy (non-hydrogen) atoms. The van der Waals surface area contributed by atoms with E-state index in [2.05, 4.69) is 0 Å². The first-order chi connectivity index (χ1) is 12.1. The van der Waals surface area contributed by atoms with E-state index < -0.39 is 0 Å². The van der Waals surface area contributed by atoms with Gasteiger partial charge in [-0.15, -0.1) is 0 Å². The summed E-state index contributed by atoms with van der Waals surface area (Å²) in [4.78, 5) is 28.9. The van der Waals surface area contributed by atoms with Crippen LogP contribution in [-0.2, 0) is 14.3 Å². The van der Waals surface area contributed by atoms with Gasteiger partial charge in [-0.2, -0.15) is 0 Å². The number of hydrogen-bond acceptors (Lipinski definition) is 4. The van der Waals surface area contributed by atoms with Crippen molar-refractivity contribution < 1.29 is 19.1 Å². The van der Waals surface area contributed by atoms with E-state index in [0.29, 0.717) is 24.8 Å². The molecule has 1 aromatic rings. The average Bonchev–Trinajstić information content (AvgIpc) is 3.03.